The quantitative estimate of drug-likeness (QED) is 0.274. The van der Waals surface area contributed by atoms with Crippen molar-refractivity contribution in [2.24, 2.45) is 0 Å². The molecule has 0 aromatic heterocycles. The number of hydrogen-bond donors (Lipinski definition) is 2. The fraction of sp³-hybridized carbons (Fsp3) is 0.194. The number of aryl methyl sites for hydroxylation is 1. The minimum atomic E-state index is -3.91. The van der Waals surface area contributed by atoms with E-state index in [1.54, 1.807) is 30.3 Å². The Balaban J connectivity index is 1.22. The van der Waals surface area contributed by atoms with Crippen LogP contribution in [0.1, 0.15) is 27.9 Å². The lowest BCUT2D eigenvalue weighted by Crippen LogP contribution is -2.28. The van der Waals surface area contributed by atoms with Crippen LogP contribution in [-0.4, -0.2) is 35.1 Å². The zero-order valence-electron chi connectivity index (χ0n) is 22.4. The third kappa shape index (κ3) is 6.05. The first-order valence-corrected chi connectivity index (χ1v) is 14.4. The monoisotopic (exact) mass is 557 g/mol. The summed E-state index contributed by atoms with van der Waals surface area (Å²) in [4.78, 5) is 15.3. The lowest BCUT2D eigenvalue weighted by Gasteiger charge is -2.31. The van der Waals surface area contributed by atoms with E-state index in [2.05, 4.69) is 39.2 Å². The highest BCUT2D eigenvalue weighted by Crippen LogP contribution is 2.31. The number of para-hydroxylation sites is 1. The summed E-state index contributed by atoms with van der Waals surface area (Å²) in [5.41, 5.74) is 5.04. The van der Waals surface area contributed by atoms with E-state index in [-0.39, 0.29) is 16.5 Å². The van der Waals surface area contributed by atoms with Crippen molar-refractivity contribution in [3.8, 4) is 11.5 Å². The largest absolute Gasteiger partial charge is 0.497 e. The molecule has 4 aromatic carbocycles. The second kappa shape index (κ2) is 11.7. The maximum absolute atomic E-state index is 13.0. The molecule has 0 spiro atoms. The Morgan fingerprint density at radius 3 is 2.38 bits per heavy atom. The molecular weight excluding hydrogens is 526 g/mol. The molecule has 1 aliphatic rings. The first-order chi connectivity index (χ1) is 19.4. The average molecular weight is 558 g/mol. The van der Waals surface area contributed by atoms with Gasteiger partial charge in [0.25, 0.3) is 15.9 Å². The highest BCUT2D eigenvalue weighted by atomic mass is 32.2. The molecule has 2 N–H and O–H groups in total. The summed E-state index contributed by atoms with van der Waals surface area (Å²) in [7, 11) is -0.953. The summed E-state index contributed by atoms with van der Waals surface area (Å²) in [6.45, 7) is 1.79. The van der Waals surface area contributed by atoms with Gasteiger partial charge in [0.1, 0.15) is 11.5 Å². The molecule has 1 amide bonds. The van der Waals surface area contributed by atoms with Crippen LogP contribution in [0.4, 0.5) is 17.1 Å². The van der Waals surface area contributed by atoms with Crippen LogP contribution in [-0.2, 0) is 23.0 Å². The molecule has 1 heterocycles. The molecule has 0 saturated carbocycles. The number of rotatable bonds is 9. The highest BCUT2D eigenvalue weighted by Gasteiger charge is 2.19. The molecule has 0 unspecified atom stereocenters. The van der Waals surface area contributed by atoms with Crippen LogP contribution in [0.2, 0.25) is 0 Å². The van der Waals surface area contributed by atoms with Gasteiger partial charge in [-0.2, -0.15) is 0 Å². The molecule has 4 aromatic rings. The number of benzene rings is 4. The normalized spacial score (nSPS) is 12.8. The molecule has 1 aliphatic heterocycles. The summed E-state index contributed by atoms with van der Waals surface area (Å²) >= 11 is 0. The summed E-state index contributed by atoms with van der Waals surface area (Å²) in [5.74, 6) is 0.575. The van der Waals surface area contributed by atoms with Crippen molar-refractivity contribution < 1.29 is 22.7 Å². The van der Waals surface area contributed by atoms with Crippen molar-refractivity contribution in [1.82, 2.24) is 0 Å². The number of methoxy groups -OCH3 is 2. The van der Waals surface area contributed by atoms with Crippen LogP contribution >= 0.6 is 0 Å². The van der Waals surface area contributed by atoms with Crippen molar-refractivity contribution >= 4 is 33.0 Å². The smallest absolute Gasteiger partial charge is 0.262 e. The van der Waals surface area contributed by atoms with Crippen LogP contribution in [0, 0.1) is 0 Å². The molecule has 40 heavy (non-hydrogen) atoms. The van der Waals surface area contributed by atoms with E-state index in [4.69, 9.17) is 9.47 Å². The predicted octanol–water partition coefficient (Wildman–Crippen LogP) is 5.71. The van der Waals surface area contributed by atoms with Gasteiger partial charge >= 0.3 is 0 Å². The van der Waals surface area contributed by atoms with Crippen molar-refractivity contribution in [3.63, 3.8) is 0 Å². The lowest BCUT2D eigenvalue weighted by atomic mass is 10.0. The third-order valence-corrected chi connectivity index (χ3v) is 8.25. The molecule has 0 bridgehead atoms. The lowest BCUT2D eigenvalue weighted by molar-refractivity contribution is 0.102. The topological polar surface area (TPSA) is 97.0 Å². The second-order valence-corrected chi connectivity index (χ2v) is 11.2. The van der Waals surface area contributed by atoms with Gasteiger partial charge in [0.2, 0.25) is 0 Å². The standard InChI is InChI=1S/C31H31N3O5S/c1-38-26-15-18-30(39-2)28(20-26)33-40(36,37)27-16-13-25(14-17-27)32-31(35)24-11-9-22(10-12-24)21-34-19-5-7-23-6-3-4-8-29(23)34/h3-4,6,8-18,20,33H,5,7,19,21H2,1-2H3,(H,32,35). The van der Waals surface area contributed by atoms with Crippen LogP contribution < -0.4 is 24.4 Å². The first-order valence-electron chi connectivity index (χ1n) is 12.9. The van der Waals surface area contributed by atoms with Gasteiger partial charge in [-0.3, -0.25) is 9.52 Å². The summed E-state index contributed by atoms with van der Waals surface area (Å²) < 4.78 is 38.9. The molecular formula is C31H31N3O5S. The number of sulfonamides is 1. The molecule has 0 radical (unpaired) electrons. The number of carbonyl (C=O) groups is 1. The maximum Gasteiger partial charge on any atom is 0.262 e. The van der Waals surface area contributed by atoms with Gasteiger partial charge < -0.3 is 19.7 Å². The number of nitrogens with one attached hydrogen (secondary N) is 2. The Hall–Kier alpha value is -4.50. The maximum atomic E-state index is 13.0. The van der Waals surface area contributed by atoms with Crippen LogP contribution in [0.15, 0.2) is 95.9 Å². The molecule has 9 heteroatoms. The van der Waals surface area contributed by atoms with E-state index >= 15 is 0 Å². The number of nitrogens with zero attached hydrogens (tertiary/aromatic N) is 1. The Bertz CT molecular complexity index is 1600. The number of anilines is 3. The van der Waals surface area contributed by atoms with Crippen molar-refractivity contribution in [1.29, 1.82) is 0 Å². The van der Waals surface area contributed by atoms with Crippen LogP contribution in [0.25, 0.3) is 0 Å². The minimum Gasteiger partial charge on any atom is -0.497 e. The molecule has 0 saturated heterocycles. The van der Waals surface area contributed by atoms with E-state index in [1.807, 2.05) is 24.3 Å². The number of hydrogen-bond acceptors (Lipinski definition) is 6. The zero-order valence-corrected chi connectivity index (χ0v) is 23.2. The van der Waals surface area contributed by atoms with Crippen LogP contribution in [0.5, 0.6) is 11.5 Å². The molecule has 0 fully saturated rings. The zero-order chi connectivity index (χ0) is 28.1. The third-order valence-electron chi connectivity index (χ3n) is 6.87. The number of fused-ring (bicyclic) bond motifs is 1. The number of ether oxygens (including phenoxy) is 2. The number of carbonyl (C=O) groups excluding carboxylic acids is 1. The van der Waals surface area contributed by atoms with Gasteiger partial charge in [-0.25, -0.2) is 8.42 Å². The highest BCUT2D eigenvalue weighted by molar-refractivity contribution is 7.92. The molecule has 0 aliphatic carbocycles. The molecule has 8 nitrogen and oxygen atoms in total. The van der Waals surface area contributed by atoms with Crippen molar-refractivity contribution in [2.45, 2.75) is 24.3 Å². The Morgan fingerprint density at radius 1 is 0.900 bits per heavy atom. The van der Waals surface area contributed by atoms with E-state index in [0.717, 1.165) is 31.5 Å². The first kappa shape index (κ1) is 27.1. The SMILES string of the molecule is COc1ccc(OC)c(NS(=O)(=O)c2ccc(NC(=O)c3ccc(CN4CCCc5ccccc54)cc3)cc2)c1. The summed E-state index contributed by atoms with van der Waals surface area (Å²) in [6.07, 6.45) is 2.23. The van der Waals surface area contributed by atoms with E-state index in [9.17, 15) is 13.2 Å². The number of amides is 1. The van der Waals surface area contributed by atoms with Gasteiger partial charge in [0.15, 0.2) is 0 Å². The minimum absolute atomic E-state index is 0.0408. The van der Waals surface area contributed by atoms with Gasteiger partial charge in [0.05, 0.1) is 24.8 Å². The summed E-state index contributed by atoms with van der Waals surface area (Å²) in [5, 5.41) is 2.83. The Kier molecular flexibility index (Phi) is 7.93. The van der Waals surface area contributed by atoms with Crippen molar-refractivity contribution in [2.75, 3.05) is 35.7 Å². The van der Waals surface area contributed by atoms with Crippen molar-refractivity contribution in [3.05, 3.63) is 108 Å². The summed E-state index contributed by atoms with van der Waals surface area (Å²) in [6, 6.07) is 26.9. The Labute approximate surface area is 234 Å². The fourth-order valence-corrected chi connectivity index (χ4v) is 5.84. The molecule has 5 rings (SSSR count). The van der Waals surface area contributed by atoms with E-state index in [0.29, 0.717) is 22.7 Å². The Morgan fingerprint density at radius 2 is 1.65 bits per heavy atom. The van der Waals surface area contributed by atoms with Gasteiger partial charge in [-0.1, -0.05) is 30.3 Å². The fourth-order valence-electron chi connectivity index (χ4n) is 4.78. The average Bonchev–Trinajstić information content (AvgIpc) is 2.98. The predicted molar refractivity (Wildman–Crippen MR) is 157 cm³/mol. The molecule has 0 atom stereocenters. The molecule has 206 valence electrons. The van der Waals surface area contributed by atoms with Gasteiger partial charge in [-0.05, 0) is 78.6 Å². The van der Waals surface area contributed by atoms with E-state index < -0.39 is 10.0 Å². The van der Waals surface area contributed by atoms with Crippen LogP contribution in [0.3, 0.4) is 0 Å². The van der Waals surface area contributed by atoms with Gasteiger partial charge in [0, 0.05) is 36.1 Å². The van der Waals surface area contributed by atoms with E-state index in [1.165, 1.54) is 37.6 Å². The van der Waals surface area contributed by atoms with Gasteiger partial charge in [-0.15, -0.1) is 0 Å². The second-order valence-electron chi connectivity index (χ2n) is 9.50.